The Morgan fingerprint density at radius 3 is 3.08 bits per heavy atom. The number of hydrogen-bond acceptors (Lipinski definition) is 3. The number of carboxylic acid groups (broad SMARTS) is 1. The van der Waals surface area contributed by atoms with Gasteiger partial charge in [0, 0.05) is 12.3 Å². The van der Waals surface area contributed by atoms with E-state index < -0.39 is 5.97 Å². The highest BCUT2D eigenvalue weighted by Crippen LogP contribution is 2.08. The van der Waals surface area contributed by atoms with Crippen LogP contribution in [0.15, 0.2) is 18.3 Å². The second-order valence-corrected chi connectivity index (χ2v) is 2.12. The molecule has 0 aromatic carbocycles. The van der Waals surface area contributed by atoms with E-state index in [0.29, 0.717) is 12.5 Å². The predicted octanol–water partition coefficient (Wildman–Crippen LogP) is 1.18. The molecule has 0 radical (unpaired) electrons. The van der Waals surface area contributed by atoms with Crippen LogP contribution in [0.4, 0.5) is 0 Å². The number of nitrogens with zero attached hydrogens (tertiary/aromatic N) is 1. The first-order valence-corrected chi connectivity index (χ1v) is 3.56. The van der Waals surface area contributed by atoms with E-state index in [0.717, 1.165) is 0 Å². The van der Waals surface area contributed by atoms with Gasteiger partial charge in [-0.15, -0.1) is 0 Å². The van der Waals surface area contributed by atoms with Crippen molar-refractivity contribution >= 4 is 5.97 Å². The highest BCUT2D eigenvalue weighted by molar-refractivity contribution is 5.87. The summed E-state index contributed by atoms with van der Waals surface area (Å²) in [5.74, 6) is -0.629. The number of ether oxygens (including phenoxy) is 1. The first kappa shape index (κ1) is 8.52. The lowest BCUT2D eigenvalue weighted by Gasteiger charge is -2.00. The number of carbonyl (C=O) groups is 1. The van der Waals surface area contributed by atoms with Gasteiger partial charge in [0.1, 0.15) is 0 Å². The Morgan fingerprint density at radius 1 is 1.75 bits per heavy atom. The van der Waals surface area contributed by atoms with E-state index in [4.69, 9.17) is 9.84 Å². The van der Waals surface area contributed by atoms with Gasteiger partial charge in [0.05, 0.1) is 12.2 Å². The van der Waals surface area contributed by atoms with Gasteiger partial charge in [0.2, 0.25) is 5.88 Å². The van der Waals surface area contributed by atoms with Crippen LogP contribution in [0.1, 0.15) is 17.3 Å². The fraction of sp³-hybridized carbons (Fsp3) is 0.250. The molecule has 0 unspecified atom stereocenters. The lowest BCUT2D eigenvalue weighted by atomic mass is 10.3. The summed E-state index contributed by atoms with van der Waals surface area (Å²) < 4.78 is 5.02. The van der Waals surface area contributed by atoms with Gasteiger partial charge >= 0.3 is 5.97 Å². The number of pyridine rings is 1. The van der Waals surface area contributed by atoms with E-state index in [-0.39, 0.29) is 5.56 Å². The second kappa shape index (κ2) is 3.71. The molecule has 0 aliphatic rings. The van der Waals surface area contributed by atoms with Gasteiger partial charge in [-0.05, 0) is 13.0 Å². The third-order valence-corrected chi connectivity index (χ3v) is 1.27. The van der Waals surface area contributed by atoms with Gasteiger partial charge in [-0.2, -0.15) is 0 Å². The van der Waals surface area contributed by atoms with Crippen molar-refractivity contribution in [3.8, 4) is 5.88 Å². The van der Waals surface area contributed by atoms with E-state index in [1.807, 2.05) is 6.92 Å². The minimum absolute atomic E-state index is 0.188. The quantitative estimate of drug-likeness (QED) is 0.734. The Kier molecular flexibility index (Phi) is 2.63. The van der Waals surface area contributed by atoms with Gasteiger partial charge in [0.25, 0.3) is 0 Å². The molecular formula is C8H9NO3. The van der Waals surface area contributed by atoms with E-state index >= 15 is 0 Å². The average Bonchev–Trinajstić information content (AvgIpc) is 2.05. The molecule has 0 amide bonds. The average molecular weight is 167 g/mol. The first-order valence-electron chi connectivity index (χ1n) is 3.56. The zero-order valence-corrected chi connectivity index (χ0v) is 6.65. The summed E-state index contributed by atoms with van der Waals surface area (Å²) >= 11 is 0. The zero-order chi connectivity index (χ0) is 8.97. The molecule has 4 nitrogen and oxygen atoms in total. The molecule has 0 saturated carbocycles. The topological polar surface area (TPSA) is 59.4 Å². The number of hydrogen-bond donors (Lipinski definition) is 1. The van der Waals surface area contributed by atoms with Crippen LogP contribution in [0, 0.1) is 0 Å². The molecule has 0 bridgehead atoms. The van der Waals surface area contributed by atoms with Crippen molar-refractivity contribution in [2.24, 2.45) is 0 Å². The van der Waals surface area contributed by atoms with E-state index in [2.05, 4.69) is 4.98 Å². The molecule has 1 heterocycles. The first-order chi connectivity index (χ1) is 5.74. The molecule has 1 aromatic rings. The summed E-state index contributed by atoms with van der Waals surface area (Å²) in [4.78, 5) is 14.3. The van der Waals surface area contributed by atoms with Gasteiger partial charge < -0.3 is 9.84 Å². The van der Waals surface area contributed by atoms with Crippen molar-refractivity contribution in [2.75, 3.05) is 6.61 Å². The molecule has 0 saturated heterocycles. The van der Waals surface area contributed by atoms with Gasteiger partial charge in [-0.3, -0.25) is 0 Å². The van der Waals surface area contributed by atoms with Crippen LogP contribution >= 0.6 is 0 Å². The Morgan fingerprint density at radius 2 is 2.50 bits per heavy atom. The normalized spacial score (nSPS) is 9.42. The monoisotopic (exact) mass is 167 g/mol. The Hall–Kier alpha value is -1.58. The van der Waals surface area contributed by atoms with Crippen LogP contribution < -0.4 is 4.74 Å². The maximum absolute atomic E-state index is 10.5. The summed E-state index contributed by atoms with van der Waals surface area (Å²) in [6.45, 7) is 2.30. The molecule has 0 fully saturated rings. The van der Waals surface area contributed by atoms with Crippen molar-refractivity contribution in [3.05, 3.63) is 23.9 Å². The Labute approximate surface area is 69.8 Å². The predicted molar refractivity (Wildman–Crippen MR) is 42.4 cm³/mol. The Balaban J connectivity index is 2.88. The fourth-order valence-electron chi connectivity index (χ4n) is 0.769. The van der Waals surface area contributed by atoms with Crippen molar-refractivity contribution < 1.29 is 14.6 Å². The standard InChI is InChI=1S/C8H9NO3/c1-2-12-7-5-6(8(10)11)3-4-9-7/h3-5H,2H2,1H3,(H,10,11). The summed E-state index contributed by atoms with van der Waals surface area (Å²) in [6, 6.07) is 2.82. The van der Waals surface area contributed by atoms with Crippen LogP contribution in [0.25, 0.3) is 0 Å². The van der Waals surface area contributed by atoms with Crippen molar-refractivity contribution in [1.82, 2.24) is 4.98 Å². The number of aromatic carboxylic acids is 1. The Bertz CT molecular complexity index is 285. The molecule has 4 heteroatoms. The minimum Gasteiger partial charge on any atom is -0.478 e. The summed E-state index contributed by atoms with van der Waals surface area (Å²) in [7, 11) is 0. The third kappa shape index (κ3) is 1.95. The lowest BCUT2D eigenvalue weighted by molar-refractivity contribution is 0.0696. The van der Waals surface area contributed by atoms with Crippen LogP contribution in [-0.4, -0.2) is 22.7 Å². The largest absolute Gasteiger partial charge is 0.478 e. The molecule has 0 spiro atoms. The SMILES string of the molecule is CCOc1cc(C(=O)O)ccn1. The molecule has 12 heavy (non-hydrogen) atoms. The summed E-state index contributed by atoms with van der Waals surface area (Å²) in [5.41, 5.74) is 0.188. The van der Waals surface area contributed by atoms with E-state index in [9.17, 15) is 4.79 Å². The molecule has 1 rings (SSSR count). The lowest BCUT2D eigenvalue weighted by Crippen LogP contribution is -1.99. The molecule has 1 aromatic heterocycles. The molecule has 1 N–H and O–H groups in total. The number of aromatic nitrogens is 1. The fourth-order valence-corrected chi connectivity index (χ4v) is 0.769. The van der Waals surface area contributed by atoms with Crippen molar-refractivity contribution in [1.29, 1.82) is 0 Å². The minimum atomic E-state index is -0.974. The summed E-state index contributed by atoms with van der Waals surface area (Å²) in [6.07, 6.45) is 1.41. The molecule has 64 valence electrons. The maximum atomic E-state index is 10.5. The molecule has 0 aliphatic carbocycles. The molecular weight excluding hydrogens is 158 g/mol. The third-order valence-electron chi connectivity index (χ3n) is 1.27. The summed E-state index contributed by atoms with van der Waals surface area (Å²) in [5, 5.41) is 8.59. The highest BCUT2D eigenvalue weighted by atomic mass is 16.5. The highest BCUT2D eigenvalue weighted by Gasteiger charge is 2.03. The van der Waals surface area contributed by atoms with Crippen LogP contribution in [0.3, 0.4) is 0 Å². The van der Waals surface area contributed by atoms with Crippen molar-refractivity contribution in [2.45, 2.75) is 6.92 Å². The van der Waals surface area contributed by atoms with E-state index in [1.54, 1.807) is 0 Å². The van der Waals surface area contributed by atoms with Crippen molar-refractivity contribution in [3.63, 3.8) is 0 Å². The van der Waals surface area contributed by atoms with Gasteiger partial charge in [0.15, 0.2) is 0 Å². The van der Waals surface area contributed by atoms with Gasteiger partial charge in [-0.25, -0.2) is 9.78 Å². The maximum Gasteiger partial charge on any atom is 0.335 e. The second-order valence-electron chi connectivity index (χ2n) is 2.12. The van der Waals surface area contributed by atoms with Crippen LogP contribution in [0.2, 0.25) is 0 Å². The van der Waals surface area contributed by atoms with E-state index in [1.165, 1.54) is 18.3 Å². The zero-order valence-electron chi connectivity index (χ0n) is 6.65. The van der Waals surface area contributed by atoms with Crippen LogP contribution in [0.5, 0.6) is 5.88 Å². The van der Waals surface area contributed by atoms with Crippen LogP contribution in [-0.2, 0) is 0 Å². The smallest absolute Gasteiger partial charge is 0.335 e. The number of rotatable bonds is 3. The number of carboxylic acids is 1. The molecule has 0 aliphatic heterocycles. The molecule has 0 atom stereocenters. The van der Waals surface area contributed by atoms with Gasteiger partial charge in [-0.1, -0.05) is 0 Å².